The van der Waals surface area contributed by atoms with Gasteiger partial charge < -0.3 is 4.18 Å². The zero-order valence-electron chi connectivity index (χ0n) is 10.3. The molecule has 0 saturated carbocycles. The molecule has 1 aliphatic rings. The first kappa shape index (κ1) is 12.2. The van der Waals surface area contributed by atoms with Crippen molar-refractivity contribution < 1.29 is 12.6 Å². The number of benzene rings is 2. The average molecular weight is 275 g/mol. The van der Waals surface area contributed by atoms with Crippen LogP contribution in [0.1, 0.15) is 22.7 Å². The Hall–Kier alpha value is -1.85. The molecule has 0 fully saturated rings. The first-order valence-electron chi connectivity index (χ1n) is 5.92. The SMILES string of the molecule is Cc1ccc([C@H]2NS(=O)(=O)Oc3ccccc32)cc1. The summed E-state index contributed by atoms with van der Waals surface area (Å²) in [6, 6.07) is 14.5. The van der Waals surface area contributed by atoms with Gasteiger partial charge in [-0.2, -0.15) is 13.1 Å². The van der Waals surface area contributed by atoms with Gasteiger partial charge in [-0.25, -0.2) is 0 Å². The highest BCUT2D eigenvalue weighted by atomic mass is 32.2. The van der Waals surface area contributed by atoms with Crippen molar-refractivity contribution in [1.82, 2.24) is 4.72 Å². The summed E-state index contributed by atoms with van der Waals surface area (Å²) in [5.41, 5.74) is 2.85. The van der Waals surface area contributed by atoms with E-state index in [1.807, 2.05) is 43.3 Å². The fourth-order valence-electron chi connectivity index (χ4n) is 2.15. The second kappa shape index (κ2) is 4.36. The molecule has 1 heterocycles. The molecule has 0 aliphatic carbocycles. The van der Waals surface area contributed by atoms with Gasteiger partial charge in [0, 0.05) is 5.56 Å². The number of aryl methyl sites for hydroxylation is 1. The van der Waals surface area contributed by atoms with E-state index >= 15 is 0 Å². The minimum atomic E-state index is -3.75. The number of para-hydroxylation sites is 1. The zero-order chi connectivity index (χ0) is 13.5. The highest BCUT2D eigenvalue weighted by Crippen LogP contribution is 2.34. The third kappa shape index (κ3) is 2.34. The molecular weight excluding hydrogens is 262 g/mol. The molecule has 3 rings (SSSR count). The van der Waals surface area contributed by atoms with E-state index in [1.165, 1.54) is 0 Å². The van der Waals surface area contributed by atoms with Crippen LogP contribution in [0.3, 0.4) is 0 Å². The lowest BCUT2D eigenvalue weighted by molar-refractivity contribution is 0.442. The van der Waals surface area contributed by atoms with E-state index in [0.29, 0.717) is 5.75 Å². The van der Waals surface area contributed by atoms with E-state index < -0.39 is 16.3 Å². The Labute approximate surface area is 112 Å². The van der Waals surface area contributed by atoms with E-state index in [1.54, 1.807) is 12.1 Å². The fourth-order valence-corrected chi connectivity index (χ4v) is 3.14. The Morgan fingerprint density at radius 2 is 1.74 bits per heavy atom. The number of fused-ring (bicyclic) bond motifs is 1. The first-order valence-corrected chi connectivity index (χ1v) is 7.33. The number of hydrogen-bond donors (Lipinski definition) is 1. The summed E-state index contributed by atoms with van der Waals surface area (Å²) in [7, 11) is -3.75. The quantitative estimate of drug-likeness (QED) is 0.869. The molecule has 0 amide bonds. The minimum absolute atomic E-state index is 0.381. The zero-order valence-corrected chi connectivity index (χ0v) is 11.1. The summed E-state index contributed by atoms with van der Waals surface area (Å²) in [4.78, 5) is 0. The molecule has 2 aromatic carbocycles. The van der Waals surface area contributed by atoms with Crippen LogP contribution in [0.5, 0.6) is 5.75 Å². The number of hydrogen-bond acceptors (Lipinski definition) is 3. The van der Waals surface area contributed by atoms with Crippen molar-refractivity contribution in [1.29, 1.82) is 0 Å². The fraction of sp³-hybridized carbons (Fsp3) is 0.143. The minimum Gasteiger partial charge on any atom is -0.371 e. The van der Waals surface area contributed by atoms with Crippen LogP contribution in [-0.4, -0.2) is 8.42 Å². The van der Waals surface area contributed by atoms with E-state index in [9.17, 15) is 8.42 Å². The van der Waals surface area contributed by atoms with Crippen LogP contribution >= 0.6 is 0 Å². The van der Waals surface area contributed by atoms with Crippen LogP contribution in [0, 0.1) is 6.92 Å². The van der Waals surface area contributed by atoms with Crippen molar-refractivity contribution >= 4 is 10.3 Å². The van der Waals surface area contributed by atoms with Crippen LogP contribution in [0.15, 0.2) is 48.5 Å². The molecule has 1 aliphatic heterocycles. The molecular formula is C14H13NO3S. The molecule has 0 radical (unpaired) electrons. The lowest BCUT2D eigenvalue weighted by atomic mass is 9.98. The van der Waals surface area contributed by atoms with Gasteiger partial charge in [0.1, 0.15) is 5.75 Å². The summed E-state index contributed by atoms with van der Waals surface area (Å²) in [5.74, 6) is 0.381. The molecule has 2 aromatic rings. The van der Waals surface area contributed by atoms with Gasteiger partial charge in [0.25, 0.3) is 0 Å². The Kier molecular flexibility index (Phi) is 2.80. The third-order valence-corrected chi connectivity index (χ3v) is 4.03. The predicted molar refractivity (Wildman–Crippen MR) is 72.1 cm³/mol. The maximum Gasteiger partial charge on any atom is 0.383 e. The van der Waals surface area contributed by atoms with E-state index in [2.05, 4.69) is 4.72 Å². The highest BCUT2D eigenvalue weighted by molar-refractivity contribution is 7.85. The molecule has 0 unspecified atom stereocenters. The van der Waals surface area contributed by atoms with Crippen LogP contribution in [0.4, 0.5) is 0 Å². The van der Waals surface area contributed by atoms with Gasteiger partial charge in [-0.15, -0.1) is 0 Å². The number of rotatable bonds is 1. The second-order valence-electron chi connectivity index (χ2n) is 4.54. The molecule has 1 atom stereocenters. The molecule has 0 spiro atoms. The largest absolute Gasteiger partial charge is 0.383 e. The van der Waals surface area contributed by atoms with Gasteiger partial charge in [0.2, 0.25) is 0 Å². The van der Waals surface area contributed by atoms with Crippen LogP contribution in [0.25, 0.3) is 0 Å². The van der Waals surface area contributed by atoms with E-state index in [-0.39, 0.29) is 0 Å². The van der Waals surface area contributed by atoms with Gasteiger partial charge in [0.15, 0.2) is 0 Å². The lowest BCUT2D eigenvalue weighted by Crippen LogP contribution is -2.37. The molecule has 19 heavy (non-hydrogen) atoms. The predicted octanol–water partition coefficient (Wildman–Crippen LogP) is 2.31. The molecule has 0 aromatic heterocycles. The van der Waals surface area contributed by atoms with E-state index in [0.717, 1.165) is 16.7 Å². The van der Waals surface area contributed by atoms with Gasteiger partial charge in [-0.3, -0.25) is 0 Å². The van der Waals surface area contributed by atoms with Crippen molar-refractivity contribution in [2.24, 2.45) is 0 Å². The molecule has 0 saturated heterocycles. The summed E-state index contributed by atoms with van der Waals surface area (Å²) < 4.78 is 31.0. The maximum atomic E-state index is 11.7. The molecule has 1 N–H and O–H groups in total. The molecule has 5 heteroatoms. The number of nitrogens with one attached hydrogen (secondary N) is 1. The standard InChI is InChI=1S/C14H13NO3S/c1-10-6-8-11(9-7-10)14-12-4-2-3-5-13(12)18-19(16,17)15-14/h2-9,14-15H,1H3/t14-/m1/s1. The van der Waals surface area contributed by atoms with Crippen molar-refractivity contribution in [3.63, 3.8) is 0 Å². The first-order chi connectivity index (χ1) is 9.05. The Morgan fingerprint density at radius 3 is 2.47 bits per heavy atom. The summed E-state index contributed by atoms with van der Waals surface area (Å²) in [6.07, 6.45) is 0. The van der Waals surface area contributed by atoms with Crippen molar-refractivity contribution in [3.8, 4) is 5.75 Å². The third-order valence-electron chi connectivity index (χ3n) is 3.10. The van der Waals surface area contributed by atoms with Gasteiger partial charge in [0.05, 0.1) is 6.04 Å². The monoisotopic (exact) mass is 275 g/mol. The van der Waals surface area contributed by atoms with E-state index in [4.69, 9.17) is 4.18 Å². The van der Waals surface area contributed by atoms with Gasteiger partial charge in [-0.1, -0.05) is 48.0 Å². The molecule has 98 valence electrons. The summed E-state index contributed by atoms with van der Waals surface area (Å²) >= 11 is 0. The summed E-state index contributed by atoms with van der Waals surface area (Å²) in [5, 5.41) is 0. The van der Waals surface area contributed by atoms with Crippen LogP contribution < -0.4 is 8.91 Å². The Bertz CT molecular complexity index is 708. The highest BCUT2D eigenvalue weighted by Gasteiger charge is 2.30. The topological polar surface area (TPSA) is 55.4 Å². The second-order valence-corrected chi connectivity index (χ2v) is 5.85. The van der Waals surface area contributed by atoms with Crippen molar-refractivity contribution in [2.75, 3.05) is 0 Å². The molecule has 0 bridgehead atoms. The molecule has 4 nitrogen and oxygen atoms in total. The maximum absolute atomic E-state index is 11.7. The van der Waals surface area contributed by atoms with Gasteiger partial charge in [-0.05, 0) is 18.6 Å². The van der Waals surface area contributed by atoms with Crippen molar-refractivity contribution in [3.05, 3.63) is 65.2 Å². The smallest absolute Gasteiger partial charge is 0.371 e. The van der Waals surface area contributed by atoms with Gasteiger partial charge >= 0.3 is 10.3 Å². The summed E-state index contributed by atoms with van der Waals surface area (Å²) in [6.45, 7) is 1.99. The normalized spacial score (nSPS) is 20.4. The van der Waals surface area contributed by atoms with Crippen LogP contribution in [0.2, 0.25) is 0 Å². The average Bonchev–Trinajstić information content (AvgIpc) is 2.37. The van der Waals surface area contributed by atoms with Crippen molar-refractivity contribution in [2.45, 2.75) is 13.0 Å². The lowest BCUT2D eigenvalue weighted by Gasteiger charge is -2.26. The Morgan fingerprint density at radius 1 is 1.05 bits per heavy atom. The van der Waals surface area contributed by atoms with Crippen LogP contribution in [-0.2, 0) is 10.3 Å². The Balaban J connectivity index is 2.13.